The molecule has 4 rings (SSSR count). The first-order valence-corrected chi connectivity index (χ1v) is 11.4. The van der Waals surface area contributed by atoms with Crippen LogP contribution < -0.4 is 9.64 Å². The molecule has 0 bridgehead atoms. The van der Waals surface area contributed by atoms with E-state index in [0.717, 1.165) is 70.4 Å². The van der Waals surface area contributed by atoms with Gasteiger partial charge in [-0.05, 0) is 30.5 Å². The maximum Gasteiger partial charge on any atom is 0.217 e. The van der Waals surface area contributed by atoms with Gasteiger partial charge in [-0.2, -0.15) is 10.1 Å². The lowest BCUT2D eigenvalue weighted by molar-refractivity contribution is 0.0320. The van der Waals surface area contributed by atoms with Crippen LogP contribution in [0.2, 0.25) is 0 Å². The van der Waals surface area contributed by atoms with Crippen molar-refractivity contribution in [3.05, 3.63) is 47.0 Å². The van der Waals surface area contributed by atoms with Gasteiger partial charge in [0, 0.05) is 50.5 Å². The predicted molar refractivity (Wildman–Crippen MR) is 124 cm³/mol. The van der Waals surface area contributed by atoms with Crippen LogP contribution in [0.3, 0.4) is 0 Å². The molecular formula is C24H33N5O3. The molecule has 0 N–H and O–H groups in total. The van der Waals surface area contributed by atoms with Crippen molar-refractivity contribution in [2.45, 2.75) is 20.4 Å². The smallest absolute Gasteiger partial charge is 0.217 e. The minimum Gasteiger partial charge on any atom is -0.476 e. The highest BCUT2D eigenvalue weighted by Gasteiger charge is 2.15. The lowest BCUT2D eigenvalue weighted by Gasteiger charge is -2.29. The third-order valence-electron chi connectivity index (χ3n) is 5.91. The molecule has 0 aliphatic carbocycles. The number of azo groups is 1. The highest BCUT2D eigenvalue weighted by molar-refractivity contribution is 5.55. The zero-order valence-corrected chi connectivity index (χ0v) is 19.1. The summed E-state index contributed by atoms with van der Waals surface area (Å²) in [6.45, 7) is 12.8. The number of aromatic nitrogens is 1. The zero-order valence-electron chi connectivity index (χ0n) is 19.1. The number of benzene rings is 1. The summed E-state index contributed by atoms with van der Waals surface area (Å²) in [6, 6.07) is 10.3. The van der Waals surface area contributed by atoms with Gasteiger partial charge in [0.2, 0.25) is 5.88 Å². The molecule has 32 heavy (non-hydrogen) atoms. The Kier molecular flexibility index (Phi) is 8.03. The minimum atomic E-state index is 0.526. The molecule has 1 aromatic heterocycles. The van der Waals surface area contributed by atoms with Crippen molar-refractivity contribution < 1.29 is 14.2 Å². The number of hydrogen-bond donors (Lipinski definition) is 0. The molecule has 172 valence electrons. The molecule has 2 aromatic rings. The summed E-state index contributed by atoms with van der Waals surface area (Å²) in [5, 5.41) is 8.82. The van der Waals surface area contributed by atoms with E-state index in [9.17, 15) is 0 Å². The number of hydrogen-bond acceptors (Lipinski definition) is 8. The van der Waals surface area contributed by atoms with Crippen molar-refractivity contribution >= 4 is 11.5 Å². The SMILES string of the molecule is Cc1ccc(CN=Nc2cc(N3CCOCC3)cc(OCCN3CCOCC3)n2)cc1C. The Morgan fingerprint density at radius 3 is 2.44 bits per heavy atom. The highest BCUT2D eigenvalue weighted by atomic mass is 16.5. The van der Waals surface area contributed by atoms with Crippen LogP contribution >= 0.6 is 0 Å². The first-order chi connectivity index (χ1) is 15.7. The fourth-order valence-electron chi connectivity index (χ4n) is 3.80. The van der Waals surface area contributed by atoms with Gasteiger partial charge in [0.1, 0.15) is 6.61 Å². The van der Waals surface area contributed by atoms with E-state index in [4.69, 9.17) is 14.2 Å². The van der Waals surface area contributed by atoms with Crippen molar-refractivity contribution in [3.63, 3.8) is 0 Å². The number of morpholine rings is 2. The number of anilines is 1. The second-order valence-corrected chi connectivity index (χ2v) is 8.24. The summed E-state index contributed by atoms with van der Waals surface area (Å²) in [6.07, 6.45) is 0. The molecule has 2 aliphatic heterocycles. The van der Waals surface area contributed by atoms with Crippen LogP contribution in [-0.2, 0) is 16.0 Å². The number of nitrogens with zero attached hydrogens (tertiary/aromatic N) is 5. The van der Waals surface area contributed by atoms with E-state index >= 15 is 0 Å². The van der Waals surface area contributed by atoms with Crippen LogP contribution in [0.25, 0.3) is 0 Å². The molecule has 2 saturated heterocycles. The normalized spacial score (nSPS) is 17.8. The quantitative estimate of drug-likeness (QED) is 0.586. The van der Waals surface area contributed by atoms with Crippen LogP contribution in [0.15, 0.2) is 40.6 Å². The molecule has 0 unspecified atom stereocenters. The summed E-state index contributed by atoms with van der Waals surface area (Å²) in [5.74, 6) is 1.15. The summed E-state index contributed by atoms with van der Waals surface area (Å²) in [4.78, 5) is 9.22. The number of rotatable bonds is 8. The average molecular weight is 440 g/mol. The average Bonchev–Trinajstić information content (AvgIpc) is 2.83. The molecule has 1 aromatic carbocycles. The Morgan fingerprint density at radius 1 is 0.938 bits per heavy atom. The van der Waals surface area contributed by atoms with Crippen LogP contribution in [0.4, 0.5) is 11.5 Å². The van der Waals surface area contributed by atoms with Crippen molar-refractivity contribution in [3.8, 4) is 5.88 Å². The fraction of sp³-hybridized carbons (Fsp3) is 0.542. The Morgan fingerprint density at radius 2 is 1.69 bits per heavy atom. The molecule has 2 fully saturated rings. The molecule has 8 heteroatoms. The summed E-state index contributed by atoms with van der Waals surface area (Å²) in [5.41, 5.74) is 4.73. The number of pyridine rings is 1. The van der Waals surface area contributed by atoms with Gasteiger partial charge >= 0.3 is 0 Å². The van der Waals surface area contributed by atoms with Crippen LogP contribution in [-0.4, -0.2) is 75.6 Å². The summed E-state index contributed by atoms with van der Waals surface area (Å²) in [7, 11) is 0. The standard InChI is InChI=1S/C24H33N5O3/c1-19-3-4-21(15-20(19)2)18-25-27-23-16-22(29-8-12-31-13-9-29)17-24(26-23)32-14-7-28-5-10-30-11-6-28/h3-4,15-17H,5-14,18H2,1-2H3. The number of aryl methyl sites for hydroxylation is 2. The maximum absolute atomic E-state index is 6.02. The second-order valence-electron chi connectivity index (χ2n) is 8.24. The van der Waals surface area contributed by atoms with Gasteiger partial charge < -0.3 is 19.1 Å². The van der Waals surface area contributed by atoms with Crippen LogP contribution in [0.1, 0.15) is 16.7 Å². The van der Waals surface area contributed by atoms with Gasteiger partial charge in [0.05, 0.1) is 33.0 Å². The Bertz CT molecular complexity index is 909. The van der Waals surface area contributed by atoms with Gasteiger partial charge in [-0.25, -0.2) is 0 Å². The molecule has 0 atom stereocenters. The van der Waals surface area contributed by atoms with E-state index < -0.39 is 0 Å². The van der Waals surface area contributed by atoms with Gasteiger partial charge in [-0.3, -0.25) is 4.90 Å². The van der Waals surface area contributed by atoms with Crippen LogP contribution in [0.5, 0.6) is 5.88 Å². The first-order valence-electron chi connectivity index (χ1n) is 11.4. The van der Waals surface area contributed by atoms with Crippen LogP contribution in [0, 0.1) is 13.8 Å². The Labute approximate surface area is 190 Å². The molecule has 2 aliphatic rings. The molecule has 3 heterocycles. The maximum atomic E-state index is 6.02. The van der Waals surface area contributed by atoms with E-state index in [2.05, 4.69) is 57.1 Å². The van der Waals surface area contributed by atoms with Crippen molar-refractivity contribution in [2.24, 2.45) is 10.2 Å². The van der Waals surface area contributed by atoms with E-state index in [0.29, 0.717) is 24.8 Å². The Hall–Kier alpha value is -2.55. The van der Waals surface area contributed by atoms with E-state index in [-0.39, 0.29) is 0 Å². The molecule has 0 radical (unpaired) electrons. The predicted octanol–water partition coefficient (Wildman–Crippen LogP) is 3.53. The summed E-state index contributed by atoms with van der Waals surface area (Å²) >= 11 is 0. The minimum absolute atomic E-state index is 0.526. The topological polar surface area (TPSA) is 71.8 Å². The molecule has 0 saturated carbocycles. The monoisotopic (exact) mass is 439 g/mol. The Balaban J connectivity index is 1.44. The van der Waals surface area contributed by atoms with Crippen molar-refractivity contribution in [1.82, 2.24) is 9.88 Å². The summed E-state index contributed by atoms with van der Waals surface area (Å²) < 4.78 is 16.9. The molecule has 8 nitrogen and oxygen atoms in total. The molecule has 0 spiro atoms. The lowest BCUT2D eigenvalue weighted by atomic mass is 10.1. The second kappa shape index (κ2) is 11.4. The van der Waals surface area contributed by atoms with Gasteiger partial charge in [-0.15, -0.1) is 5.11 Å². The molecule has 0 amide bonds. The van der Waals surface area contributed by atoms with Gasteiger partial charge in [0.15, 0.2) is 5.82 Å². The van der Waals surface area contributed by atoms with Gasteiger partial charge in [0.25, 0.3) is 0 Å². The fourth-order valence-corrected chi connectivity index (χ4v) is 3.80. The zero-order chi connectivity index (χ0) is 22.2. The first kappa shape index (κ1) is 22.6. The highest BCUT2D eigenvalue weighted by Crippen LogP contribution is 2.26. The third kappa shape index (κ3) is 6.48. The van der Waals surface area contributed by atoms with E-state index in [1.807, 2.05) is 12.1 Å². The number of ether oxygens (including phenoxy) is 3. The van der Waals surface area contributed by atoms with E-state index in [1.165, 1.54) is 11.1 Å². The van der Waals surface area contributed by atoms with Gasteiger partial charge in [-0.1, -0.05) is 18.2 Å². The van der Waals surface area contributed by atoms with Crippen molar-refractivity contribution in [1.29, 1.82) is 0 Å². The third-order valence-corrected chi connectivity index (χ3v) is 5.91. The largest absolute Gasteiger partial charge is 0.476 e. The van der Waals surface area contributed by atoms with Crippen molar-refractivity contribution in [2.75, 3.05) is 70.7 Å². The van der Waals surface area contributed by atoms with E-state index in [1.54, 1.807) is 0 Å². The molecular weight excluding hydrogens is 406 g/mol. The lowest BCUT2D eigenvalue weighted by Crippen LogP contribution is -2.38.